The number of carbonyl (C=O) groups excluding carboxylic acids is 1. The summed E-state index contributed by atoms with van der Waals surface area (Å²) in [7, 11) is 0. The Bertz CT molecular complexity index is 1180. The topological polar surface area (TPSA) is 59.3 Å². The minimum Gasteiger partial charge on any atom is -0.267 e. The summed E-state index contributed by atoms with van der Waals surface area (Å²) in [5.74, 6) is -2.09. The van der Waals surface area contributed by atoms with E-state index in [0.29, 0.717) is 5.69 Å². The number of amides is 1. The van der Waals surface area contributed by atoms with Crippen LogP contribution in [0, 0.1) is 11.6 Å². The summed E-state index contributed by atoms with van der Waals surface area (Å²) in [4.78, 5) is 12.8. The Morgan fingerprint density at radius 1 is 0.900 bits per heavy atom. The lowest BCUT2D eigenvalue weighted by Crippen LogP contribution is -2.18. The number of nitrogens with one attached hydrogen (secondary N) is 1. The largest absolute Gasteiger partial charge is 0.275 e. The van der Waals surface area contributed by atoms with Crippen molar-refractivity contribution < 1.29 is 13.6 Å². The number of hydrazone groups is 1. The zero-order valence-electron chi connectivity index (χ0n) is 15.7. The van der Waals surface area contributed by atoms with E-state index in [1.807, 2.05) is 60.7 Å². The molecular weight excluding hydrogens is 386 g/mol. The first-order valence-electron chi connectivity index (χ1n) is 9.11. The highest BCUT2D eigenvalue weighted by atomic mass is 19.1. The molecule has 5 nitrogen and oxygen atoms in total. The maximum Gasteiger partial charge on any atom is 0.275 e. The zero-order valence-corrected chi connectivity index (χ0v) is 15.7. The second kappa shape index (κ2) is 8.48. The summed E-state index contributed by atoms with van der Waals surface area (Å²) in [5, 5.41) is 8.26. The van der Waals surface area contributed by atoms with Crippen LogP contribution in [0.25, 0.3) is 16.9 Å². The maximum atomic E-state index is 13.7. The van der Waals surface area contributed by atoms with Crippen LogP contribution in [0.5, 0.6) is 0 Å². The number of benzene rings is 3. The molecule has 30 heavy (non-hydrogen) atoms. The first-order valence-corrected chi connectivity index (χ1v) is 9.11. The average Bonchev–Trinajstić information content (AvgIpc) is 3.23. The molecule has 0 saturated heterocycles. The molecule has 0 atom stereocenters. The van der Waals surface area contributed by atoms with Crippen LogP contribution in [0.4, 0.5) is 8.78 Å². The van der Waals surface area contributed by atoms with Crippen molar-refractivity contribution in [3.63, 3.8) is 0 Å². The molecule has 1 amide bonds. The van der Waals surface area contributed by atoms with Crippen LogP contribution in [0.15, 0.2) is 90.2 Å². The third-order valence-corrected chi connectivity index (χ3v) is 4.39. The number of rotatable bonds is 5. The molecule has 0 bridgehead atoms. The fraction of sp³-hybridized carbons (Fsp3) is 0. The number of nitrogens with zero attached hydrogens (tertiary/aromatic N) is 3. The summed E-state index contributed by atoms with van der Waals surface area (Å²) >= 11 is 0. The quantitative estimate of drug-likeness (QED) is 0.392. The van der Waals surface area contributed by atoms with Crippen LogP contribution in [-0.2, 0) is 0 Å². The molecule has 0 spiro atoms. The van der Waals surface area contributed by atoms with Crippen LogP contribution < -0.4 is 5.43 Å². The number of halogens is 2. The fourth-order valence-corrected chi connectivity index (χ4v) is 2.91. The third-order valence-electron chi connectivity index (χ3n) is 4.39. The van der Waals surface area contributed by atoms with Gasteiger partial charge in [0.1, 0.15) is 17.3 Å². The number of hydrogen-bond acceptors (Lipinski definition) is 3. The lowest BCUT2D eigenvalue weighted by atomic mass is 10.1. The smallest absolute Gasteiger partial charge is 0.267 e. The molecule has 0 radical (unpaired) electrons. The second-order valence-electron chi connectivity index (χ2n) is 6.37. The molecule has 0 unspecified atom stereocenters. The molecule has 148 valence electrons. The van der Waals surface area contributed by atoms with Crippen LogP contribution >= 0.6 is 0 Å². The van der Waals surface area contributed by atoms with Gasteiger partial charge >= 0.3 is 0 Å². The molecule has 0 aliphatic carbocycles. The van der Waals surface area contributed by atoms with Gasteiger partial charge in [0.05, 0.1) is 23.0 Å². The van der Waals surface area contributed by atoms with Crippen LogP contribution in [0.3, 0.4) is 0 Å². The second-order valence-corrected chi connectivity index (χ2v) is 6.37. The summed E-state index contributed by atoms with van der Waals surface area (Å²) < 4.78 is 29.0. The number of carbonyl (C=O) groups is 1. The number of hydrogen-bond donors (Lipinski definition) is 1. The van der Waals surface area contributed by atoms with Gasteiger partial charge < -0.3 is 0 Å². The summed E-state index contributed by atoms with van der Waals surface area (Å²) in [5.41, 5.74) is 4.26. The minimum atomic E-state index is -0.769. The van der Waals surface area contributed by atoms with Gasteiger partial charge in [-0.15, -0.1) is 0 Å². The predicted molar refractivity (Wildman–Crippen MR) is 110 cm³/mol. The van der Waals surface area contributed by atoms with Crippen molar-refractivity contribution in [1.29, 1.82) is 0 Å². The summed E-state index contributed by atoms with van der Waals surface area (Å²) in [6, 6.07) is 22.1. The number of para-hydroxylation sites is 1. The molecule has 1 N–H and O–H groups in total. The summed E-state index contributed by atoms with van der Waals surface area (Å²) in [6.45, 7) is 0. The Balaban J connectivity index is 1.66. The molecule has 0 fully saturated rings. The van der Waals surface area contributed by atoms with E-state index < -0.39 is 17.5 Å². The molecule has 7 heteroatoms. The van der Waals surface area contributed by atoms with Gasteiger partial charge in [0.25, 0.3) is 5.91 Å². The van der Waals surface area contributed by atoms with E-state index in [2.05, 4.69) is 15.6 Å². The Morgan fingerprint density at radius 2 is 1.53 bits per heavy atom. The normalized spacial score (nSPS) is 11.0. The molecule has 1 aromatic heterocycles. The Kier molecular flexibility index (Phi) is 5.43. The molecule has 4 rings (SSSR count). The number of aromatic nitrogens is 2. The maximum absolute atomic E-state index is 13.7. The fourth-order valence-electron chi connectivity index (χ4n) is 2.91. The van der Waals surface area contributed by atoms with Crippen molar-refractivity contribution in [3.05, 3.63) is 108 Å². The van der Waals surface area contributed by atoms with E-state index >= 15 is 0 Å². The van der Waals surface area contributed by atoms with Crippen LogP contribution in [0.1, 0.15) is 15.9 Å². The van der Waals surface area contributed by atoms with E-state index in [1.54, 1.807) is 10.9 Å². The van der Waals surface area contributed by atoms with Crippen molar-refractivity contribution in [1.82, 2.24) is 15.2 Å². The van der Waals surface area contributed by atoms with Crippen LogP contribution in [-0.4, -0.2) is 21.9 Å². The highest BCUT2D eigenvalue weighted by Crippen LogP contribution is 2.23. The minimum absolute atomic E-state index is 0.274. The van der Waals surface area contributed by atoms with E-state index in [9.17, 15) is 13.6 Å². The molecule has 0 saturated carbocycles. The van der Waals surface area contributed by atoms with Crippen molar-refractivity contribution in [2.75, 3.05) is 0 Å². The van der Waals surface area contributed by atoms with Gasteiger partial charge in [0, 0.05) is 11.8 Å². The van der Waals surface area contributed by atoms with Crippen molar-refractivity contribution in [2.45, 2.75) is 0 Å². The van der Waals surface area contributed by atoms with Gasteiger partial charge in [-0.25, -0.2) is 18.9 Å². The average molecular weight is 402 g/mol. The van der Waals surface area contributed by atoms with Crippen LogP contribution in [0.2, 0.25) is 0 Å². The van der Waals surface area contributed by atoms with Gasteiger partial charge in [0.2, 0.25) is 0 Å². The van der Waals surface area contributed by atoms with Crippen molar-refractivity contribution in [2.24, 2.45) is 5.10 Å². The monoisotopic (exact) mass is 402 g/mol. The Labute approximate surface area is 171 Å². The Morgan fingerprint density at radius 3 is 2.20 bits per heavy atom. The lowest BCUT2D eigenvalue weighted by Gasteiger charge is -2.02. The Hall–Kier alpha value is -4.13. The van der Waals surface area contributed by atoms with E-state index in [1.165, 1.54) is 6.07 Å². The van der Waals surface area contributed by atoms with Gasteiger partial charge in [-0.05, 0) is 24.3 Å². The van der Waals surface area contributed by atoms with Gasteiger partial charge in [-0.2, -0.15) is 10.2 Å². The standard InChI is InChI=1S/C23H16F2N4O/c24-20-12-7-13-21(25)18(20)14-26-27-23(30)19-15-29(17-10-5-2-6-11-17)28-22(19)16-8-3-1-4-9-16/h1-15H,(H,27,30)/b26-14+. The molecular formula is C23H16F2N4O. The van der Waals surface area contributed by atoms with Gasteiger partial charge in [-0.3, -0.25) is 4.79 Å². The zero-order chi connectivity index (χ0) is 20.9. The van der Waals surface area contributed by atoms with E-state index in [0.717, 1.165) is 29.6 Å². The van der Waals surface area contributed by atoms with Crippen molar-refractivity contribution in [3.8, 4) is 16.9 Å². The molecule has 0 aliphatic heterocycles. The summed E-state index contributed by atoms with van der Waals surface area (Å²) in [6.07, 6.45) is 2.53. The highest BCUT2D eigenvalue weighted by molar-refractivity contribution is 6.00. The molecule has 0 aliphatic rings. The molecule has 1 heterocycles. The first kappa shape index (κ1) is 19.2. The molecule has 3 aromatic carbocycles. The first-order chi connectivity index (χ1) is 14.6. The highest BCUT2D eigenvalue weighted by Gasteiger charge is 2.18. The van der Waals surface area contributed by atoms with Crippen molar-refractivity contribution >= 4 is 12.1 Å². The lowest BCUT2D eigenvalue weighted by molar-refractivity contribution is 0.0955. The van der Waals surface area contributed by atoms with Gasteiger partial charge in [-0.1, -0.05) is 54.6 Å². The molecule has 4 aromatic rings. The SMILES string of the molecule is O=C(N/N=C/c1c(F)cccc1F)c1cn(-c2ccccc2)nc1-c1ccccc1. The van der Waals surface area contributed by atoms with Gasteiger partial charge in [0.15, 0.2) is 0 Å². The van der Waals surface area contributed by atoms with E-state index in [4.69, 9.17) is 0 Å². The predicted octanol–water partition coefficient (Wildman–Crippen LogP) is 4.58. The third kappa shape index (κ3) is 4.00. The van der Waals surface area contributed by atoms with E-state index in [-0.39, 0.29) is 11.1 Å².